The largest absolute Gasteiger partial charge is 0.330 e. The summed E-state index contributed by atoms with van der Waals surface area (Å²) in [6, 6.07) is 0.499. The van der Waals surface area contributed by atoms with E-state index in [0.29, 0.717) is 19.2 Å². The zero-order valence-corrected chi connectivity index (χ0v) is 10.0. The first kappa shape index (κ1) is 12.3. The molecule has 5 heteroatoms. The van der Waals surface area contributed by atoms with Crippen molar-refractivity contribution >= 4 is 8.53 Å². The summed E-state index contributed by atoms with van der Waals surface area (Å²) in [5, 5.41) is 0. The molecule has 4 nitrogen and oxygen atoms in total. The highest BCUT2D eigenvalue weighted by Crippen LogP contribution is 2.46. The maximum absolute atomic E-state index is 5.69. The number of nitrogens with zero attached hydrogens (tertiary/aromatic N) is 1. The van der Waals surface area contributed by atoms with Crippen LogP contribution in [0.3, 0.4) is 0 Å². The Morgan fingerprint density at radius 2 is 2.36 bits per heavy atom. The van der Waals surface area contributed by atoms with Gasteiger partial charge in [0.1, 0.15) is 0 Å². The predicted molar refractivity (Wildman–Crippen MR) is 59.0 cm³/mol. The van der Waals surface area contributed by atoms with Crippen molar-refractivity contribution in [3.63, 3.8) is 0 Å². The zero-order valence-electron chi connectivity index (χ0n) is 9.11. The second kappa shape index (κ2) is 6.70. The van der Waals surface area contributed by atoms with Gasteiger partial charge in [0.15, 0.2) is 0 Å². The van der Waals surface area contributed by atoms with E-state index in [1.807, 2.05) is 0 Å². The average Bonchev–Trinajstić information content (AvgIpc) is 2.19. The second-order valence-corrected chi connectivity index (χ2v) is 5.16. The van der Waals surface area contributed by atoms with Gasteiger partial charge in [0.2, 0.25) is 0 Å². The van der Waals surface area contributed by atoms with E-state index in [-0.39, 0.29) is 0 Å². The van der Waals surface area contributed by atoms with Crippen LogP contribution in [0.2, 0.25) is 0 Å². The summed E-state index contributed by atoms with van der Waals surface area (Å²) < 4.78 is 13.6. The molecule has 0 aliphatic carbocycles. The summed E-state index contributed by atoms with van der Waals surface area (Å²) in [7, 11) is -0.808. The van der Waals surface area contributed by atoms with Gasteiger partial charge >= 0.3 is 0 Å². The van der Waals surface area contributed by atoms with E-state index in [9.17, 15) is 0 Å². The minimum atomic E-state index is -0.808. The quantitative estimate of drug-likeness (QED) is 0.566. The van der Waals surface area contributed by atoms with E-state index in [2.05, 4.69) is 18.5 Å². The Labute approximate surface area is 87.7 Å². The normalized spacial score (nSPS) is 24.4. The molecule has 1 heterocycles. The first-order valence-corrected chi connectivity index (χ1v) is 6.41. The monoisotopic (exact) mass is 220 g/mol. The van der Waals surface area contributed by atoms with Crippen molar-refractivity contribution in [3.8, 4) is 0 Å². The van der Waals surface area contributed by atoms with Gasteiger partial charge < -0.3 is 14.8 Å². The van der Waals surface area contributed by atoms with Gasteiger partial charge in [-0.25, -0.2) is 4.67 Å². The third-order valence-corrected chi connectivity index (χ3v) is 3.98. The fraction of sp³-hybridized carbons (Fsp3) is 1.00. The van der Waals surface area contributed by atoms with Crippen molar-refractivity contribution < 1.29 is 9.05 Å². The molecule has 0 saturated carbocycles. The maximum atomic E-state index is 5.69. The molecule has 84 valence electrons. The third kappa shape index (κ3) is 3.79. The lowest BCUT2D eigenvalue weighted by Crippen LogP contribution is -2.32. The second-order valence-electron chi connectivity index (χ2n) is 3.66. The number of hydrogen-bond donors (Lipinski definition) is 1. The Hall–Kier alpha value is 0.270. The van der Waals surface area contributed by atoms with E-state index >= 15 is 0 Å². The van der Waals surface area contributed by atoms with Crippen molar-refractivity contribution in [2.24, 2.45) is 5.73 Å². The highest BCUT2D eigenvalue weighted by molar-refractivity contribution is 7.44. The lowest BCUT2D eigenvalue weighted by molar-refractivity contribution is 0.152. The minimum Gasteiger partial charge on any atom is -0.330 e. The zero-order chi connectivity index (χ0) is 10.4. The van der Waals surface area contributed by atoms with Crippen molar-refractivity contribution in [1.82, 2.24) is 4.67 Å². The molecule has 1 rings (SSSR count). The molecule has 1 aliphatic heterocycles. The molecule has 2 N–H and O–H groups in total. The van der Waals surface area contributed by atoms with Crippen LogP contribution in [0.5, 0.6) is 0 Å². The Kier molecular flexibility index (Phi) is 5.90. The summed E-state index contributed by atoms with van der Waals surface area (Å²) in [5.41, 5.74) is 5.41. The van der Waals surface area contributed by atoms with E-state index in [1.165, 1.54) is 0 Å². The molecule has 0 bridgehead atoms. The van der Waals surface area contributed by atoms with Crippen LogP contribution in [0.4, 0.5) is 0 Å². The lowest BCUT2D eigenvalue weighted by Gasteiger charge is -2.36. The van der Waals surface area contributed by atoms with Crippen LogP contribution in [0.1, 0.15) is 26.7 Å². The van der Waals surface area contributed by atoms with Crippen LogP contribution in [0.15, 0.2) is 0 Å². The Morgan fingerprint density at radius 1 is 1.57 bits per heavy atom. The predicted octanol–water partition coefficient (Wildman–Crippen LogP) is 1.71. The summed E-state index contributed by atoms with van der Waals surface area (Å²) >= 11 is 0. The van der Waals surface area contributed by atoms with Gasteiger partial charge in [-0.15, -0.1) is 0 Å². The van der Waals surface area contributed by atoms with Crippen LogP contribution in [0.25, 0.3) is 0 Å². The van der Waals surface area contributed by atoms with Crippen molar-refractivity contribution in [3.05, 3.63) is 0 Å². The van der Waals surface area contributed by atoms with Crippen LogP contribution in [-0.4, -0.2) is 37.0 Å². The molecule has 0 aromatic rings. The van der Waals surface area contributed by atoms with Gasteiger partial charge in [0, 0.05) is 12.6 Å². The van der Waals surface area contributed by atoms with Gasteiger partial charge in [-0.2, -0.15) is 0 Å². The molecule has 1 fully saturated rings. The molecule has 0 spiro atoms. The fourth-order valence-corrected chi connectivity index (χ4v) is 2.93. The van der Waals surface area contributed by atoms with Gasteiger partial charge in [-0.05, 0) is 33.2 Å². The van der Waals surface area contributed by atoms with E-state index in [4.69, 9.17) is 14.8 Å². The maximum Gasteiger partial charge on any atom is 0.258 e. The Morgan fingerprint density at radius 3 is 3.00 bits per heavy atom. The van der Waals surface area contributed by atoms with E-state index in [0.717, 1.165) is 26.0 Å². The Bertz CT molecular complexity index is 158. The molecule has 1 atom stereocenters. The van der Waals surface area contributed by atoms with Gasteiger partial charge in [-0.3, -0.25) is 0 Å². The fourth-order valence-electron chi connectivity index (χ4n) is 1.31. The summed E-state index contributed by atoms with van der Waals surface area (Å²) in [6.07, 6.45) is 2.02. The van der Waals surface area contributed by atoms with Crippen LogP contribution in [-0.2, 0) is 9.05 Å². The van der Waals surface area contributed by atoms with Gasteiger partial charge in [-0.1, -0.05) is 0 Å². The van der Waals surface area contributed by atoms with Crippen molar-refractivity contribution in [2.75, 3.05) is 26.3 Å². The van der Waals surface area contributed by atoms with E-state index < -0.39 is 8.53 Å². The van der Waals surface area contributed by atoms with E-state index in [1.54, 1.807) is 0 Å². The summed E-state index contributed by atoms with van der Waals surface area (Å²) in [5.74, 6) is 0. The third-order valence-electron chi connectivity index (χ3n) is 2.09. The van der Waals surface area contributed by atoms with Crippen molar-refractivity contribution in [1.29, 1.82) is 0 Å². The topological polar surface area (TPSA) is 47.7 Å². The van der Waals surface area contributed by atoms with Gasteiger partial charge in [0.25, 0.3) is 8.53 Å². The molecule has 0 radical (unpaired) electrons. The SMILES string of the molecule is CC(C)N1CCCOP1OCCCN. The molecule has 1 unspecified atom stereocenters. The first-order chi connectivity index (χ1) is 6.75. The highest BCUT2D eigenvalue weighted by Gasteiger charge is 2.27. The lowest BCUT2D eigenvalue weighted by atomic mass is 10.3. The summed E-state index contributed by atoms with van der Waals surface area (Å²) in [4.78, 5) is 0. The van der Waals surface area contributed by atoms with Crippen molar-refractivity contribution in [2.45, 2.75) is 32.7 Å². The minimum absolute atomic E-state index is 0.499. The average molecular weight is 220 g/mol. The molecule has 0 amide bonds. The molecule has 14 heavy (non-hydrogen) atoms. The molecule has 0 aromatic heterocycles. The van der Waals surface area contributed by atoms with Gasteiger partial charge in [0.05, 0.1) is 13.2 Å². The number of hydrogen-bond acceptors (Lipinski definition) is 4. The molecule has 1 saturated heterocycles. The Balaban J connectivity index is 2.30. The first-order valence-electron chi connectivity index (χ1n) is 5.28. The van der Waals surface area contributed by atoms with Crippen LogP contribution < -0.4 is 5.73 Å². The summed E-state index contributed by atoms with van der Waals surface area (Å²) in [6.45, 7) is 7.67. The molecular weight excluding hydrogens is 199 g/mol. The van der Waals surface area contributed by atoms with Crippen LogP contribution in [0, 0.1) is 0 Å². The molecule has 1 aliphatic rings. The van der Waals surface area contributed by atoms with Crippen LogP contribution >= 0.6 is 8.53 Å². The highest BCUT2D eigenvalue weighted by atomic mass is 31.2. The standard InChI is InChI=1S/C9H21N2O2P/c1-9(2)11-6-4-8-13-14(11)12-7-3-5-10/h9H,3-8,10H2,1-2H3. The smallest absolute Gasteiger partial charge is 0.258 e. The molecule has 0 aromatic carbocycles. The molecular formula is C9H21N2O2P. The number of rotatable bonds is 5. The number of nitrogens with two attached hydrogens (primary N) is 1.